The van der Waals surface area contributed by atoms with Gasteiger partial charge < -0.3 is 4.74 Å². The Balaban J connectivity index is 2.05. The molecule has 2 nitrogen and oxygen atoms in total. The SMILES string of the molecule is CN1Cc2ccc(OCC(F)(F)F)cc2C1. The first kappa shape index (κ1) is 11.3. The average Bonchev–Trinajstić information content (AvgIpc) is 2.52. The van der Waals surface area contributed by atoms with Gasteiger partial charge in [-0.2, -0.15) is 13.2 Å². The Morgan fingerprint density at radius 3 is 2.62 bits per heavy atom. The summed E-state index contributed by atoms with van der Waals surface area (Å²) >= 11 is 0. The maximum atomic E-state index is 11.9. The van der Waals surface area contributed by atoms with Gasteiger partial charge in [0.05, 0.1) is 0 Å². The second-order valence-electron chi connectivity index (χ2n) is 4.01. The van der Waals surface area contributed by atoms with Crippen LogP contribution in [0.5, 0.6) is 5.75 Å². The molecule has 1 aliphatic rings. The predicted molar refractivity (Wildman–Crippen MR) is 53.2 cm³/mol. The third-order valence-corrected chi connectivity index (χ3v) is 2.46. The fraction of sp³-hybridized carbons (Fsp3) is 0.455. The lowest BCUT2D eigenvalue weighted by atomic mass is 10.1. The molecule has 0 radical (unpaired) electrons. The summed E-state index contributed by atoms with van der Waals surface area (Å²) < 4.78 is 40.5. The first-order valence-corrected chi connectivity index (χ1v) is 4.94. The second kappa shape index (κ2) is 3.97. The number of hydrogen-bond acceptors (Lipinski definition) is 2. The lowest BCUT2D eigenvalue weighted by Crippen LogP contribution is -2.19. The summed E-state index contributed by atoms with van der Waals surface area (Å²) in [5.74, 6) is 0.284. The van der Waals surface area contributed by atoms with E-state index in [2.05, 4.69) is 9.64 Å². The van der Waals surface area contributed by atoms with Crippen molar-refractivity contribution in [3.05, 3.63) is 29.3 Å². The minimum atomic E-state index is -4.28. The van der Waals surface area contributed by atoms with Crippen molar-refractivity contribution in [3.8, 4) is 5.75 Å². The Morgan fingerprint density at radius 1 is 1.25 bits per heavy atom. The van der Waals surface area contributed by atoms with Crippen LogP contribution in [0, 0.1) is 0 Å². The predicted octanol–water partition coefficient (Wildman–Crippen LogP) is 2.57. The van der Waals surface area contributed by atoms with Crippen LogP contribution in [0.4, 0.5) is 13.2 Å². The molecule has 1 aliphatic heterocycles. The van der Waals surface area contributed by atoms with Crippen LogP contribution in [0.1, 0.15) is 11.1 Å². The van der Waals surface area contributed by atoms with E-state index in [1.807, 2.05) is 13.1 Å². The number of nitrogens with zero attached hydrogens (tertiary/aromatic N) is 1. The van der Waals surface area contributed by atoms with Crippen molar-refractivity contribution in [2.45, 2.75) is 19.3 Å². The summed E-state index contributed by atoms with van der Waals surface area (Å²) in [5.41, 5.74) is 2.20. The average molecular weight is 231 g/mol. The maximum Gasteiger partial charge on any atom is 0.422 e. The van der Waals surface area contributed by atoms with Gasteiger partial charge in [0.25, 0.3) is 0 Å². The topological polar surface area (TPSA) is 12.5 Å². The third kappa shape index (κ3) is 2.66. The van der Waals surface area contributed by atoms with E-state index in [1.54, 1.807) is 12.1 Å². The van der Waals surface area contributed by atoms with Crippen molar-refractivity contribution in [3.63, 3.8) is 0 Å². The molecule has 0 aliphatic carbocycles. The highest BCUT2D eigenvalue weighted by Gasteiger charge is 2.28. The van der Waals surface area contributed by atoms with Gasteiger partial charge in [0.1, 0.15) is 5.75 Å². The summed E-state index contributed by atoms with van der Waals surface area (Å²) in [4.78, 5) is 2.10. The van der Waals surface area contributed by atoms with Crippen LogP contribution in [-0.2, 0) is 13.1 Å². The third-order valence-electron chi connectivity index (χ3n) is 2.46. The molecule has 0 saturated heterocycles. The molecule has 0 saturated carbocycles. The van der Waals surface area contributed by atoms with E-state index in [0.717, 1.165) is 24.2 Å². The van der Waals surface area contributed by atoms with Crippen LogP contribution in [0.25, 0.3) is 0 Å². The van der Waals surface area contributed by atoms with E-state index in [1.165, 1.54) is 0 Å². The highest BCUT2D eigenvalue weighted by Crippen LogP contribution is 2.26. The minimum absolute atomic E-state index is 0.284. The van der Waals surface area contributed by atoms with Gasteiger partial charge in [0.15, 0.2) is 6.61 Å². The van der Waals surface area contributed by atoms with Crippen molar-refractivity contribution in [2.75, 3.05) is 13.7 Å². The summed E-state index contributed by atoms with van der Waals surface area (Å²) in [6, 6.07) is 5.10. The van der Waals surface area contributed by atoms with Crippen molar-refractivity contribution in [2.24, 2.45) is 0 Å². The van der Waals surface area contributed by atoms with E-state index in [9.17, 15) is 13.2 Å². The van der Waals surface area contributed by atoms with Gasteiger partial charge in [-0.3, -0.25) is 4.90 Å². The Bertz CT molecular complexity index is 389. The number of hydrogen-bond donors (Lipinski definition) is 0. The summed E-state index contributed by atoms with van der Waals surface area (Å²) in [7, 11) is 1.97. The molecule has 0 aromatic heterocycles. The van der Waals surface area contributed by atoms with E-state index < -0.39 is 12.8 Å². The van der Waals surface area contributed by atoms with Crippen molar-refractivity contribution in [1.29, 1.82) is 0 Å². The van der Waals surface area contributed by atoms with Gasteiger partial charge >= 0.3 is 6.18 Å². The quantitative estimate of drug-likeness (QED) is 0.775. The van der Waals surface area contributed by atoms with Crippen LogP contribution in [-0.4, -0.2) is 24.7 Å². The normalized spacial score (nSPS) is 16.2. The Kier molecular flexibility index (Phi) is 2.80. The molecule has 5 heteroatoms. The fourth-order valence-electron chi connectivity index (χ4n) is 1.80. The summed E-state index contributed by atoms with van der Waals surface area (Å²) in [6.45, 7) is 0.370. The molecular formula is C11H12F3NO. The first-order valence-electron chi connectivity index (χ1n) is 4.94. The zero-order valence-corrected chi connectivity index (χ0v) is 8.84. The number of fused-ring (bicyclic) bond motifs is 1. The molecule has 1 aromatic carbocycles. The molecule has 1 heterocycles. The van der Waals surface area contributed by atoms with Gasteiger partial charge in [-0.25, -0.2) is 0 Å². The monoisotopic (exact) mass is 231 g/mol. The van der Waals surface area contributed by atoms with Gasteiger partial charge in [0.2, 0.25) is 0 Å². The molecule has 0 unspecified atom stereocenters. The molecule has 0 spiro atoms. The van der Waals surface area contributed by atoms with Crippen molar-refractivity contribution >= 4 is 0 Å². The molecule has 88 valence electrons. The minimum Gasteiger partial charge on any atom is -0.484 e. The van der Waals surface area contributed by atoms with Gasteiger partial charge in [-0.15, -0.1) is 0 Å². The van der Waals surface area contributed by atoms with Gasteiger partial charge in [-0.05, 0) is 30.3 Å². The first-order chi connectivity index (χ1) is 7.44. The lowest BCUT2D eigenvalue weighted by molar-refractivity contribution is -0.153. The molecule has 0 bridgehead atoms. The largest absolute Gasteiger partial charge is 0.484 e. The molecule has 0 amide bonds. The van der Waals surface area contributed by atoms with Crippen LogP contribution >= 0.6 is 0 Å². The Hall–Kier alpha value is -1.23. The zero-order chi connectivity index (χ0) is 11.8. The molecule has 0 atom stereocenters. The molecule has 2 rings (SSSR count). The number of ether oxygens (including phenoxy) is 1. The summed E-state index contributed by atoms with van der Waals surface area (Å²) in [5, 5.41) is 0. The van der Waals surface area contributed by atoms with Crippen LogP contribution in [0.3, 0.4) is 0 Å². The highest BCUT2D eigenvalue weighted by molar-refractivity contribution is 5.37. The van der Waals surface area contributed by atoms with Gasteiger partial charge in [-0.1, -0.05) is 6.07 Å². The number of rotatable bonds is 2. The van der Waals surface area contributed by atoms with E-state index in [-0.39, 0.29) is 5.75 Å². The van der Waals surface area contributed by atoms with Crippen LogP contribution in [0.2, 0.25) is 0 Å². The van der Waals surface area contributed by atoms with E-state index in [4.69, 9.17) is 0 Å². The molecule has 0 fully saturated rings. The molecule has 0 N–H and O–H groups in total. The second-order valence-corrected chi connectivity index (χ2v) is 4.01. The molecule has 1 aromatic rings. The Labute approximate surface area is 91.6 Å². The molecular weight excluding hydrogens is 219 g/mol. The van der Waals surface area contributed by atoms with Crippen molar-refractivity contribution < 1.29 is 17.9 Å². The Morgan fingerprint density at radius 2 is 1.94 bits per heavy atom. The molecule has 16 heavy (non-hydrogen) atoms. The van der Waals surface area contributed by atoms with E-state index >= 15 is 0 Å². The van der Waals surface area contributed by atoms with Crippen LogP contribution < -0.4 is 4.74 Å². The maximum absolute atomic E-state index is 11.9. The van der Waals surface area contributed by atoms with Gasteiger partial charge in [0, 0.05) is 13.1 Å². The summed E-state index contributed by atoms with van der Waals surface area (Å²) in [6.07, 6.45) is -4.28. The van der Waals surface area contributed by atoms with Crippen molar-refractivity contribution in [1.82, 2.24) is 4.90 Å². The number of halogens is 3. The smallest absolute Gasteiger partial charge is 0.422 e. The van der Waals surface area contributed by atoms with Crippen LogP contribution in [0.15, 0.2) is 18.2 Å². The van der Waals surface area contributed by atoms with E-state index in [0.29, 0.717) is 0 Å². The zero-order valence-electron chi connectivity index (χ0n) is 8.84. The highest BCUT2D eigenvalue weighted by atomic mass is 19.4. The number of alkyl halides is 3. The lowest BCUT2D eigenvalue weighted by Gasteiger charge is -2.09. The fourth-order valence-corrected chi connectivity index (χ4v) is 1.80. The number of benzene rings is 1. The standard InChI is InChI=1S/C11H12F3NO/c1-15-5-8-2-3-10(4-9(8)6-15)16-7-11(12,13)14/h2-4H,5-7H2,1H3.